The molecule has 0 heterocycles. The van der Waals surface area contributed by atoms with Crippen molar-refractivity contribution in [3.8, 4) is 17.6 Å². The Morgan fingerprint density at radius 2 is 2.05 bits per heavy atom. The summed E-state index contributed by atoms with van der Waals surface area (Å²) in [5.41, 5.74) is 0.986. The van der Waals surface area contributed by atoms with Crippen molar-refractivity contribution in [2.45, 2.75) is 0 Å². The molecule has 1 amide bonds. The molecule has 0 unspecified atom stereocenters. The minimum atomic E-state index is -0.372. The van der Waals surface area contributed by atoms with Gasteiger partial charge in [-0.1, -0.05) is 18.2 Å². The van der Waals surface area contributed by atoms with E-state index in [9.17, 15) is 9.90 Å². The van der Waals surface area contributed by atoms with Gasteiger partial charge < -0.3 is 15.2 Å². The first-order valence-corrected chi connectivity index (χ1v) is 5.90. The topological polar surface area (TPSA) is 82.4 Å². The van der Waals surface area contributed by atoms with Crippen LogP contribution in [-0.4, -0.2) is 17.6 Å². The summed E-state index contributed by atoms with van der Waals surface area (Å²) in [5, 5.41) is 20.9. The number of ether oxygens (including phenoxy) is 1. The number of nitriles is 1. The summed E-state index contributed by atoms with van der Waals surface area (Å²) in [4.78, 5) is 11.7. The van der Waals surface area contributed by atoms with Crippen LogP contribution in [0.1, 0.15) is 5.56 Å². The Morgan fingerprint density at radius 3 is 2.80 bits per heavy atom. The van der Waals surface area contributed by atoms with Crippen LogP contribution in [0.2, 0.25) is 0 Å². The molecule has 0 spiro atoms. The molecule has 2 N–H and O–H groups in total. The van der Waals surface area contributed by atoms with Crippen LogP contribution in [0.4, 0.5) is 5.69 Å². The third-order valence-electron chi connectivity index (χ3n) is 2.50. The van der Waals surface area contributed by atoms with Crippen LogP contribution in [0.15, 0.2) is 48.5 Å². The molecule has 0 bridgehead atoms. The molecule has 0 fully saturated rings. The van der Waals surface area contributed by atoms with Crippen LogP contribution < -0.4 is 10.1 Å². The number of nitrogens with zero attached hydrogens (tertiary/aromatic N) is 1. The Labute approximate surface area is 116 Å². The highest BCUT2D eigenvalue weighted by Crippen LogP contribution is 2.24. The second kappa shape index (κ2) is 6.25. The van der Waals surface area contributed by atoms with Gasteiger partial charge in [-0.25, -0.2) is 0 Å². The maximum Gasteiger partial charge on any atom is 0.262 e. The Hall–Kier alpha value is -3.00. The molecule has 2 rings (SSSR count). The van der Waals surface area contributed by atoms with E-state index in [-0.39, 0.29) is 24.0 Å². The first-order chi connectivity index (χ1) is 9.69. The van der Waals surface area contributed by atoms with Crippen LogP contribution in [0.3, 0.4) is 0 Å². The van der Waals surface area contributed by atoms with Gasteiger partial charge in [0.25, 0.3) is 5.91 Å². The van der Waals surface area contributed by atoms with E-state index in [1.165, 1.54) is 6.07 Å². The minimum Gasteiger partial charge on any atom is -0.504 e. The van der Waals surface area contributed by atoms with Gasteiger partial charge in [-0.2, -0.15) is 5.26 Å². The summed E-state index contributed by atoms with van der Waals surface area (Å²) < 4.78 is 5.20. The van der Waals surface area contributed by atoms with Gasteiger partial charge in [0.2, 0.25) is 0 Å². The molecule has 5 nitrogen and oxygen atoms in total. The van der Waals surface area contributed by atoms with E-state index < -0.39 is 0 Å². The fourth-order valence-electron chi connectivity index (χ4n) is 1.59. The predicted molar refractivity (Wildman–Crippen MR) is 73.4 cm³/mol. The lowest BCUT2D eigenvalue weighted by molar-refractivity contribution is -0.118. The van der Waals surface area contributed by atoms with Crippen molar-refractivity contribution < 1.29 is 14.6 Å². The van der Waals surface area contributed by atoms with E-state index in [1.54, 1.807) is 42.5 Å². The molecule has 0 aromatic heterocycles. The van der Waals surface area contributed by atoms with Crippen molar-refractivity contribution in [3.63, 3.8) is 0 Å². The largest absolute Gasteiger partial charge is 0.504 e. The highest BCUT2D eigenvalue weighted by molar-refractivity contribution is 5.92. The molecule has 0 radical (unpaired) electrons. The Morgan fingerprint density at radius 1 is 1.25 bits per heavy atom. The van der Waals surface area contributed by atoms with Crippen LogP contribution in [0.25, 0.3) is 0 Å². The summed E-state index contributed by atoms with van der Waals surface area (Å²) in [6, 6.07) is 15.0. The van der Waals surface area contributed by atoms with Gasteiger partial charge in [-0.05, 0) is 30.3 Å². The number of nitrogens with one attached hydrogen (secondary N) is 1. The number of para-hydroxylation sites is 2. The number of anilines is 1. The van der Waals surface area contributed by atoms with Gasteiger partial charge in [0.15, 0.2) is 18.1 Å². The van der Waals surface area contributed by atoms with Crippen LogP contribution in [0, 0.1) is 11.3 Å². The third kappa shape index (κ3) is 3.50. The second-order valence-corrected chi connectivity index (χ2v) is 4.00. The average Bonchev–Trinajstić information content (AvgIpc) is 2.46. The Bertz CT molecular complexity index is 662. The van der Waals surface area contributed by atoms with Gasteiger partial charge in [0, 0.05) is 5.69 Å². The molecule has 0 saturated heterocycles. The van der Waals surface area contributed by atoms with Gasteiger partial charge in [-0.15, -0.1) is 0 Å². The SMILES string of the molecule is N#Cc1cccc(NC(=O)COc2ccccc2O)c1. The van der Waals surface area contributed by atoms with E-state index in [0.717, 1.165) is 0 Å². The second-order valence-electron chi connectivity index (χ2n) is 4.00. The fourth-order valence-corrected chi connectivity index (χ4v) is 1.59. The highest BCUT2D eigenvalue weighted by Gasteiger charge is 2.06. The van der Waals surface area contributed by atoms with E-state index in [4.69, 9.17) is 10.00 Å². The van der Waals surface area contributed by atoms with Crippen molar-refractivity contribution >= 4 is 11.6 Å². The molecule has 0 aliphatic heterocycles. The summed E-state index contributed by atoms with van der Waals surface area (Å²) in [7, 11) is 0. The minimum absolute atomic E-state index is 0.0215. The molecular formula is C15H12N2O3. The molecular weight excluding hydrogens is 256 g/mol. The smallest absolute Gasteiger partial charge is 0.262 e. The molecule has 20 heavy (non-hydrogen) atoms. The molecule has 0 aliphatic carbocycles. The normalized spacial score (nSPS) is 9.55. The number of hydrogen-bond acceptors (Lipinski definition) is 4. The zero-order valence-electron chi connectivity index (χ0n) is 10.5. The van der Waals surface area contributed by atoms with E-state index in [2.05, 4.69) is 5.32 Å². The Balaban J connectivity index is 1.93. The number of benzene rings is 2. The third-order valence-corrected chi connectivity index (χ3v) is 2.50. The number of aromatic hydroxyl groups is 1. The average molecular weight is 268 g/mol. The van der Waals surface area contributed by atoms with Crippen molar-refractivity contribution in [1.29, 1.82) is 5.26 Å². The molecule has 0 atom stereocenters. The molecule has 100 valence electrons. The van der Waals surface area contributed by atoms with Crippen LogP contribution in [-0.2, 0) is 4.79 Å². The molecule has 5 heteroatoms. The number of rotatable bonds is 4. The van der Waals surface area contributed by atoms with Gasteiger partial charge in [0.1, 0.15) is 0 Å². The maximum absolute atomic E-state index is 11.7. The molecule has 2 aromatic carbocycles. The lowest BCUT2D eigenvalue weighted by Gasteiger charge is -2.08. The zero-order valence-corrected chi connectivity index (χ0v) is 10.5. The van der Waals surface area contributed by atoms with Gasteiger partial charge in [-0.3, -0.25) is 4.79 Å². The van der Waals surface area contributed by atoms with E-state index in [0.29, 0.717) is 11.3 Å². The van der Waals surface area contributed by atoms with E-state index >= 15 is 0 Å². The number of phenolic OH excluding ortho intramolecular Hbond substituents is 1. The van der Waals surface area contributed by atoms with Gasteiger partial charge in [0.05, 0.1) is 11.6 Å². The van der Waals surface area contributed by atoms with Crippen molar-refractivity contribution in [2.75, 3.05) is 11.9 Å². The monoisotopic (exact) mass is 268 g/mol. The number of carbonyl (C=O) groups is 1. The Kier molecular flexibility index (Phi) is 4.20. The van der Waals surface area contributed by atoms with Crippen molar-refractivity contribution in [1.82, 2.24) is 0 Å². The number of hydrogen-bond donors (Lipinski definition) is 2. The first-order valence-electron chi connectivity index (χ1n) is 5.90. The van der Waals surface area contributed by atoms with Crippen LogP contribution >= 0.6 is 0 Å². The van der Waals surface area contributed by atoms with Crippen molar-refractivity contribution in [3.05, 3.63) is 54.1 Å². The van der Waals surface area contributed by atoms with Crippen LogP contribution in [0.5, 0.6) is 11.5 Å². The maximum atomic E-state index is 11.7. The van der Waals surface area contributed by atoms with Gasteiger partial charge >= 0.3 is 0 Å². The lowest BCUT2D eigenvalue weighted by atomic mass is 10.2. The molecule has 0 saturated carbocycles. The molecule has 0 aliphatic rings. The van der Waals surface area contributed by atoms with Crippen molar-refractivity contribution in [2.24, 2.45) is 0 Å². The molecule has 2 aromatic rings. The van der Waals surface area contributed by atoms with E-state index in [1.807, 2.05) is 6.07 Å². The highest BCUT2D eigenvalue weighted by atomic mass is 16.5. The fraction of sp³-hybridized carbons (Fsp3) is 0.0667. The number of phenols is 1. The summed E-state index contributed by atoms with van der Waals surface area (Å²) >= 11 is 0. The first kappa shape index (κ1) is 13.4. The summed E-state index contributed by atoms with van der Waals surface area (Å²) in [5.74, 6) is -0.149. The number of amides is 1. The standard InChI is InChI=1S/C15H12N2O3/c16-9-11-4-3-5-12(8-11)17-15(19)10-20-14-7-2-1-6-13(14)18/h1-8,18H,10H2,(H,17,19). The quantitative estimate of drug-likeness (QED) is 0.891. The lowest BCUT2D eigenvalue weighted by Crippen LogP contribution is -2.20. The summed E-state index contributed by atoms with van der Waals surface area (Å²) in [6.07, 6.45) is 0. The summed E-state index contributed by atoms with van der Waals surface area (Å²) in [6.45, 7) is -0.228. The predicted octanol–water partition coefficient (Wildman–Crippen LogP) is 2.28. The number of carbonyl (C=O) groups excluding carboxylic acids is 1. The zero-order chi connectivity index (χ0) is 14.4.